The summed E-state index contributed by atoms with van der Waals surface area (Å²) in [6, 6.07) is 8.90. The third-order valence-electron chi connectivity index (χ3n) is 2.36. The summed E-state index contributed by atoms with van der Waals surface area (Å²) in [5, 5.41) is 9.85. The number of pyridine rings is 1. The van der Waals surface area contributed by atoms with Crippen LogP contribution in [0.25, 0.3) is 0 Å². The van der Waals surface area contributed by atoms with Crippen LogP contribution in [0.1, 0.15) is 11.1 Å². The fraction of sp³-hybridized carbons (Fsp3) is 0.154. The highest BCUT2D eigenvalue weighted by atomic mass is 35.5. The molecule has 0 saturated carbocycles. The maximum Gasteiger partial charge on any atom is 0.224 e. The van der Waals surface area contributed by atoms with Gasteiger partial charge in [-0.15, -0.1) is 0 Å². The van der Waals surface area contributed by atoms with Crippen molar-refractivity contribution < 1.29 is 9.84 Å². The molecule has 0 fully saturated rings. The minimum Gasteiger partial charge on any atom is -0.439 e. The van der Waals surface area contributed by atoms with Gasteiger partial charge in [0.1, 0.15) is 5.75 Å². The van der Waals surface area contributed by atoms with E-state index in [4.69, 9.17) is 21.4 Å². The molecule has 0 amide bonds. The zero-order chi connectivity index (χ0) is 12.3. The lowest BCUT2D eigenvalue weighted by molar-refractivity contribution is 0.275. The van der Waals surface area contributed by atoms with Crippen molar-refractivity contribution in [2.24, 2.45) is 0 Å². The Kier molecular flexibility index (Phi) is 3.61. The third-order valence-corrected chi connectivity index (χ3v) is 2.79. The molecule has 1 N–H and O–H groups in total. The van der Waals surface area contributed by atoms with Crippen LogP contribution in [-0.4, -0.2) is 10.1 Å². The van der Waals surface area contributed by atoms with E-state index in [9.17, 15) is 0 Å². The van der Waals surface area contributed by atoms with Crippen LogP contribution in [0.4, 0.5) is 0 Å². The molecule has 0 aliphatic heterocycles. The molecule has 2 rings (SSSR count). The fourth-order valence-electron chi connectivity index (χ4n) is 1.43. The highest BCUT2D eigenvalue weighted by Crippen LogP contribution is 2.26. The van der Waals surface area contributed by atoms with Gasteiger partial charge in [0.25, 0.3) is 0 Å². The Labute approximate surface area is 105 Å². The summed E-state index contributed by atoms with van der Waals surface area (Å²) in [6.07, 6.45) is 1.62. The molecule has 1 aromatic carbocycles. The molecular formula is C13H12ClNO2. The van der Waals surface area contributed by atoms with Gasteiger partial charge in [0.2, 0.25) is 5.88 Å². The summed E-state index contributed by atoms with van der Waals surface area (Å²) < 4.78 is 5.61. The van der Waals surface area contributed by atoms with Gasteiger partial charge in [-0.3, -0.25) is 0 Å². The molecule has 0 spiro atoms. The molecule has 0 aliphatic rings. The van der Waals surface area contributed by atoms with Crippen molar-refractivity contribution >= 4 is 11.6 Å². The molecule has 0 unspecified atom stereocenters. The Hall–Kier alpha value is -1.58. The minimum atomic E-state index is -0.101. The number of benzene rings is 1. The number of ether oxygens (including phenoxy) is 1. The number of rotatable bonds is 3. The maximum absolute atomic E-state index is 9.15. The van der Waals surface area contributed by atoms with Gasteiger partial charge in [-0.1, -0.05) is 11.6 Å². The van der Waals surface area contributed by atoms with Crippen molar-refractivity contribution in [1.82, 2.24) is 4.98 Å². The number of nitrogens with zero attached hydrogens (tertiary/aromatic N) is 1. The monoisotopic (exact) mass is 249 g/mol. The lowest BCUT2D eigenvalue weighted by Gasteiger charge is -2.09. The van der Waals surface area contributed by atoms with Crippen molar-refractivity contribution in [3.05, 3.63) is 52.7 Å². The van der Waals surface area contributed by atoms with E-state index in [0.29, 0.717) is 22.2 Å². The topological polar surface area (TPSA) is 42.4 Å². The van der Waals surface area contributed by atoms with Gasteiger partial charge in [0.15, 0.2) is 0 Å². The predicted octanol–water partition coefficient (Wildman–Crippen LogP) is 3.33. The first-order valence-corrected chi connectivity index (χ1v) is 5.57. The molecule has 0 atom stereocenters. The van der Waals surface area contributed by atoms with Gasteiger partial charge >= 0.3 is 0 Å². The van der Waals surface area contributed by atoms with Gasteiger partial charge in [-0.05, 0) is 42.8 Å². The number of aryl methyl sites for hydroxylation is 1. The highest BCUT2D eigenvalue weighted by molar-refractivity contribution is 6.31. The van der Waals surface area contributed by atoms with Crippen LogP contribution in [0.2, 0.25) is 5.02 Å². The number of aliphatic hydroxyl groups is 1. The van der Waals surface area contributed by atoms with Crippen LogP contribution in [0.3, 0.4) is 0 Å². The second-order valence-electron chi connectivity index (χ2n) is 3.64. The summed E-state index contributed by atoms with van der Waals surface area (Å²) in [5.41, 5.74) is 1.59. The summed E-state index contributed by atoms with van der Waals surface area (Å²) in [5.74, 6) is 1.07. The van der Waals surface area contributed by atoms with Crippen molar-refractivity contribution in [3.8, 4) is 11.6 Å². The summed E-state index contributed by atoms with van der Waals surface area (Å²) in [4.78, 5) is 4.08. The Morgan fingerprint density at radius 1 is 1.35 bits per heavy atom. The van der Waals surface area contributed by atoms with E-state index in [1.165, 1.54) is 0 Å². The second-order valence-corrected chi connectivity index (χ2v) is 4.05. The summed E-state index contributed by atoms with van der Waals surface area (Å²) >= 11 is 5.93. The zero-order valence-corrected chi connectivity index (χ0v) is 10.1. The molecule has 1 heterocycles. The third kappa shape index (κ3) is 2.75. The van der Waals surface area contributed by atoms with Gasteiger partial charge in [-0.25, -0.2) is 4.98 Å². The van der Waals surface area contributed by atoms with E-state index in [1.807, 2.05) is 13.0 Å². The Morgan fingerprint density at radius 2 is 2.18 bits per heavy atom. The van der Waals surface area contributed by atoms with Crippen molar-refractivity contribution in [2.75, 3.05) is 0 Å². The lowest BCUT2D eigenvalue weighted by Crippen LogP contribution is -1.94. The van der Waals surface area contributed by atoms with Gasteiger partial charge < -0.3 is 9.84 Å². The number of halogens is 1. The molecule has 4 heteroatoms. The average molecular weight is 250 g/mol. The summed E-state index contributed by atoms with van der Waals surface area (Å²) in [6.45, 7) is 1.80. The van der Waals surface area contributed by atoms with Crippen molar-refractivity contribution in [3.63, 3.8) is 0 Å². The SMILES string of the molecule is Cc1cc(Oc2ncccc2CO)ccc1Cl. The van der Waals surface area contributed by atoms with Crippen LogP contribution in [0.15, 0.2) is 36.5 Å². The summed E-state index contributed by atoms with van der Waals surface area (Å²) in [7, 11) is 0. The first-order valence-electron chi connectivity index (χ1n) is 5.19. The molecule has 0 saturated heterocycles. The first-order chi connectivity index (χ1) is 8.20. The Morgan fingerprint density at radius 3 is 2.88 bits per heavy atom. The number of hydrogen-bond donors (Lipinski definition) is 1. The largest absolute Gasteiger partial charge is 0.439 e. The predicted molar refractivity (Wildman–Crippen MR) is 66.4 cm³/mol. The normalized spacial score (nSPS) is 10.3. The molecule has 2 aromatic rings. The molecule has 1 aromatic heterocycles. The van der Waals surface area contributed by atoms with E-state index in [2.05, 4.69) is 4.98 Å². The molecule has 0 bridgehead atoms. The van der Waals surface area contributed by atoms with E-state index >= 15 is 0 Å². The zero-order valence-electron chi connectivity index (χ0n) is 9.35. The second kappa shape index (κ2) is 5.17. The van der Waals surface area contributed by atoms with E-state index in [0.717, 1.165) is 5.56 Å². The molecule has 0 radical (unpaired) electrons. The standard InChI is InChI=1S/C13H12ClNO2/c1-9-7-11(4-5-12(9)14)17-13-10(8-16)3-2-6-15-13/h2-7,16H,8H2,1H3. The van der Waals surface area contributed by atoms with Crippen LogP contribution in [0, 0.1) is 6.92 Å². The van der Waals surface area contributed by atoms with E-state index in [-0.39, 0.29) is 6.61 Å². The average Bonchev–Trinajstić information content (AvgIpc) is 2.34. The highest BCUT2D eigenvalue weighted by Gasteiger charge is 2.05. The lowest BCUT2D eigenvalue weighted by atomic mass is 10.2. The first kappa shape index (κ1) is 11.9. The van der Waals surface area contributed by atoms with Gasteiger partial charge in [-0.2, -0.15) is 0 Å². The van der Waals surface area contributed by atoms with Crippen LogP contribution < -0.4 is 4.74 Å². The van der Waals surface area contributed by atoms with Gasteiger partial charge in [0, 0.05) is 16.8 Å². The minimum absolute atomic E-state index is 0.101. The quantitative estimate of drug-likeness (QED) is 0.907. The number of aromatic nitrogens is 1. The van der Waals surface area contributed by atoms with Crippen LogP contribution >= 0.6 is 11.6 Å². The molecule has 17 heavy (non-hydrogen) atoms. The van der Waals surface area contributed by atoms with Crippen LogP contribution in [0.5, 0.6) is 11.6 Å². The van der Waals surface area contributed by atoms with Gasteiger partial charge in [0.05, 0.1) is 6.61 Å². The van der Waals surface area contributed by atoms with Crippen molar-refractivity contribution in [1.29, 1.82) is 0 Å². The fourth-order valence-corrected chi connectivity index (χ4v) is 1.55. The van der Waals surface area contributed by atoms with E-state index in [1.54, 1.807) is 30.5 Å². The Bertz CT molecular complexity index is 529. The molecular weight excluding hydrogens is 238 g/mol. The maximum atomic E-state index is 9.15. The van der Waals surface area contributed by atoms with E-state index < -0.39 is 0 Å². The van der Waals surface area contributed by atoms with Crippen molar-refractivity contribution in [2.45, 2.75) is 13.5 Å². The molecule has 88 valence electrons. The number of aliphatic hydroxyl groups excluding tert-OH is 1. The smallest absolute Gasteiger partial charge is 0.224 e. The molecule has 0 aliphatic carbocycles. The molecule has 3 nitrogen and oxygen atoms in total. The number of hydrogen-bond acceptors (Lipinski definition) is 3. The van der Waals surface area contributed by atoms with Crippen LogP contribution in [-0.2, 0) is 6.61 Å². The Balaban J connectivity index is 2.28.